The van der Waals surface area contributed by atoms with Crippen LogP contribution in [0.3, 0.4) is 0 Å². The third-order valence-electron chi connectivity index (χ3n) is 0. The Bertz CT molecular complexity index is 182. The molecule has 112 valence electrons. The van der Waals surface area contributed by atoms with Crippen molar-refractivity contribution in [2.45, 2.75) is 0 Å². The molecule has 0 amide bonds. The molecule has 8 N–H and O–H groups in total. The van der Waals surface area contributed by atoms with E-state index in [9.17, 15) is 0 Å². The molecule has 21 heavy (non-hydrogen) atoms. The van der Waals surface area contributed by atoms with Crippen LogP contribution in [0.5, 0.6) is 0 Å². The van der Waals surface area contributed by atoms with Gasteiger partial charge in [-0.15, -0.1) is 0 Å². The van der Waals surface area contributed by atoms with Crippen LogP contribution in [0.2, 0.25) is 0 Å². The van der Waals surface area contributed by atoms with Crippen molar-refractivity contribution in [1.82, 2.24) is 0 Å². The van der Waals surface area contributed by atoms with Gasteiger partial charge >= 0.3 is 393 Å². The first kappa shape index (κ1) is 84.1. The molecular formula is H28Ca10O9P2. The van der Waals surface area contributed by atoms with E-state index in [1.165, 1.54) is 0 Å². The minimum Gasteiger partial charge on any atom is -1.00 e. The van der Waals surface area contributed by atoms with Gasteiger partial charge in [0.1, 0.15) is 0 Å². The number of hydrogen-bond acceptors (Lipinski definition) is 2. The van der Waals surface area contributed by atoms with Gasteiger partial charge in [-0.2, -0.15) is 0 Å². The molecule has 0 aromatic heterocycles. The van der Waals surface area contributed by atoms with Gasteiger partial charge in [0.25, 0.3) is 0 Å². The average Bonchev–Trinajstić information content (AvgIpc) is 1.12. The first-order valence-electron chi connectivity index (χ1n) is 1.57. The van der Waals surface area contributed by atoms with Gasteiger partial charge in [-0.05, 0) is 0 Å². The van der Waals surface area contributed by atoms with Crippen LogP contribution in [-0.2, 0) is 9.13 Å². The number of phosphoric acid groups is 2. The maximum absolute atomic E-state index is 8.88. The van der Waals surface area contributed by atoms with E-state index in [0.29, 0.717) is 0 Å². The Morgan fingerprint density at radius 2 is 0.429 bits per heavy atom. The Labute approximate surface area is 452 Å². The Balaban J connectivity index is -0.000000000573. The van der Waals surface area contributed by atoms with Crippen LogP contribution in [0.15, 0.2) is 0 Å². The van der Waals surface area contributed by atoms with E-state index >= 15 is 0 Å². The minimum atomic E-state index is -4.64. The summed E-state index contributed by atoms with van der Waals surface area (Å²) in [6, 6.07) is 0. The summed E-state index contributed by atoms with van der Waals surface area (Å²) < 4.78 is 17.8. The van der Waals surface area contributed by atoms with Crippen molar-refractivity contribution in [3.63, 3.8) is 0 Å². The molecule has 0 aromatic rings. The molecule has 9 nitrogen and oxygen atoms in total. The van der Waals surface area contributed by atoms with Gasteiger partial charge in [0.05, 0.1) is 0 Å². The molecule has 0 heterocycles. The van der Waals surface area contributed by atoms with Crippen molar-refractivity contribution < 1.29 is 72.5 Å². The molecule has 0 unspecified atom stereocenters. The Morgan fingerprint density at radius 3 is 0.429 bits per heavy atom. The molecule has 0 radical (unpaired) electrons. The summed E-state index contributed by atoms with van der Waals surface area (Å²) in [6.45, 7) is 0. The zero-order chi connectivity index (χ0) is 9.00. The zero-order valence-corrected chi connectivity index (χ0v) is 35.8. The van der Waals surface area contributed by atoms with Crippen LogP contribution in [0.1, 0.15) is 28.5 Å². The fraction of sp³-hybridized carbons (Fsp3) is 0. The second-order valence-electron chi connectivity index (χ2n) is 1.03. The Kier molecular flexibility index (Phi) is 216. The van der Waals surface area contributed by atoms with Crippen molar-refractivity contribution in [3.05, 3.63) is 0 Å². The molecule has 0 fully saturated rings. The van der Waals surface area contributed by atoms with Crippen LogP contribution in [0, 0.1) is 0 Å². The maximum atomic E-state index is 8.88. The van der Waals surface area contributed by atoms with Gasteiger partial charge in [0, 0.05) is 0 Å². The molecule has 21 heteroatoms. The smallest absolute Gasteiger partial charge is 1.00 e. The van der Waals surface area contributed by atoms with Crippen LogP contribution in [0.25, 0.3) is 0 Å². The summed E-state index contributed by atoms with van der Waals surface area (Å²) in [5.41, 5.74) is 0. The normalized spacial score (nSPS) is 5.62. The first-order valence-corrected chi connectivity index (χ1v) is 4.70. The molecule has 0 saturated carbocycles. The van der Waals surface area contributed by atoms with Crippen LogP contribution in [-0.4, -0.2) is 412 Å². The zero-order valence-electron chi connectivity index (χ0n) is 32.0. The van der Waals surface area contributed by atoms with Gasteiger partial charge in [0.15, 0.2) is 0 Å². The molecule has 0 rings (SSSR count). The number of rotatable bonds is 0. The summed E-state index contributed by atoms with van der Waals surface area (Å²) in [6.07, 6.45) is 0. The SMILES string of the molecule is O.O=P(O)(O)O.O=P(O)(O)O.[Ca+2].[Ca+2].[Ca+2].[Ca+2].[Ca+2].[Ca+2].[Ca+2].[Ca+2].[Ca+2].[Ca+2].[H-].[H-].[H-].[H-].[H-].[H-].[H-].[H-].[H-].[H-].[H-].[H-].[H-].[H-].[H-].[H-].[H-].[H-].[H-].[H-]. The van der Waals surface area contributed by atoms with Crippen LogP contribution in [0.4, 0.5) is 0 Å². The summed E-state index contributed by atoms with van der Waals surface area (Å²) in [4.78, 5) is 43.1. The van der Waals surface area contributed by atoms with E-state index < -0.39 is 15.6 Å². The van der Waals surface area contributed by atoms with E-state index in [1.54, 1.807) is 0 Å². The van der Waals surface area contributed by atoms with Crippen molar-refractivity contribution in [2.24, 2.45) is 0 Å². The topological polar surface area (TPSA) is 187 Å². The van der Waals surface area contributed by atoms with Gasteiger partial charge in [-0.1, -0.05) is 0 Å². The summed E-state index contributed by atoms with van der Waals surface area (Å²) >= 11 is 0. The summed E-state index contributed by atoms with van der Waals surface area (Å²) in [5, 5.41) is 0. The quantitative estimate of drug-likeness (QED) is 0.114. The molecule has 0 bridgehead atoms. The molecule has 0 atom stereocenters. The average molecular weight is 635 g/mol. The fourth-order valence-corrected chi connectivity index (χ4v) is 0. The van der Waals surface area contributed by atoms with Crippen molar-refractivity contribution in [1.29, 1.82) is 0 Å². The van der Waals surface area contributed by atoms with Gasteiger partial charge in [-0.25, -0.2) is 9.13 Å². The summed E-state index contributed by atoms with van der Waals surface area (Å²) in [5.74, 6) is 0. The maximum Gasteiger partial charge on any atom is 2.00 e. The summed E-state index contributed by atoms with van der Waals surface area (Å²) in [7, 11) is -9.28. The van der Waals surface area contributed by atoms with Crippen molar-refractivity contribution >= 4 is 393 Å². The van der Waals surface area contributed by atoms with E-state index in [0.717, 1.165) is 0 Å². The van der Waals surface area contributed by atoms with Gasteiger partial charge in [0.2, 0.25) is 0 Å². The molecule has 0 saturated heterocycles. The Morgan fingerprint density at radius 1 is 0.429 bits per heavy atom. The monoisotopic (exact) mass is 634 g/mol. The second kappa shape index (κ2) is 53.9. The number of hydrogen-bond donors (Lipinski definition) is 6. The second-order valence-corrected chi connectivity index (χ2v) is 3.08. The molecule has 0 aromatic carbocycles. The Hall–Kier alpha value is 12.8. The van der Waals surface area contributed by atoms with Crippen LogP contribution < -0.4 is 0 Å². The van der Waals surface area contributed by atoms with E-state index in [2.05, 4.69) is 0 Å². The van der Waals surface area contributed by atoms with Gasteiger partial charge < -0.3 is 63.4 Å². The van der Waals surface area contributed by atoms with E-state index in [-0.39, 0.29) is 411 Å². The third-order valence-corrected chi connectivity index (χ3v) is 0. The molecule has 0 spiro atoms. The third kappa shape index (κ3) is 190. The molecule has 0 aliphatic carbocycles. The van der Waals surface area contributed by atoms with E-state index in [1.807, 2.05) is 0 Å². The first-order chi connectivity index (χ1) is 4.00. The predicted molar refractivity (Wildman–Crippen MR) is 112 cm³/mol. The van der Waals surface area contributed by atoms with Gasteiger partial charge in [-0.3, -0.25) is 0 Å². The molecule has 0 aliphatic heterocycles. The predicted octanol–water partition coefficient (Wildman–Crippen LogP) is -4.24. The van der Waals surface area contributed by atoms with Crippen LogP contribution >= 0.6 is 15.6 Å². The standard InChI is InChI=1S/10Ca.2H3O4P.H2O.20H/c;;;;;;;;;;2*1-5(2,3)4;;;;;;;;;;;;;;;;;;;;;/h;;;;;;;;;;2*(H3,1,2,3,4);1H2;;;;;;;;;;;;;;;;;;;;/q10*+2;;;;20*-1. The largest absolute Gasteiger partial charge is 2.00 e. The van der Waals surface area contributed by atoms with Crippen molar-refractivity contribution in [2.75, 3.05) is 0 Å². The van der Waals surface area contributed by atoms with Crippen molar-refractivity contribution in [3.8, 4) is 0 Å². The minimum absolute atomic E-state index is 0. The van der Waals surface area contributed by atoms with E-state index in [4.69, 9.17) is 38.5 Å². The molecular weight excluding hydrogens is 607 g/mol. The molecule has 0 aliphatic rings. The fourth-order valence-electron chi connectivity index (χ4n) is 0.